The van der Waals surface area contributed by atoms with Gasteiger partial charge in [-0.05, 0) is 0 Å². The predicted octanol–water partition coefficient (Wildman–Crippen LogP) is -0.117. The highest BCUT2D eigenvalue weighted by Gasteiger charge is 2.22. The fourth-order valence-electron chi connectivity index (χ4n) is 1.50. The largest absolute Gasteiger partial charge is 0.480 e. The molecule has 7 heteroatoms. The van der Waals surface area contributed by atoms with Crippen LogP contribution in [-0.4, -0.2) is 32.0 Å². The fourth-order valence-corrected chi connectivity index (χ4v) is 1.50. The third-order valence-electron chi connectivity index (χ3n) is 2.45. The van der Waals surface area contributed by atoms with Crippen LogP contribution in [0.15, 0.2) is 18.6 Å². The van der Waals surface area contributed by atoms with Crippen molar-refractivity contribution in [2.75, 3.05) is 12.8 Å². The number of nitrogen functional groups attached to an aromatic ring is 1. The Morgan fingerprint density at radius 1 is 1.41 bits per heavy atom. The van der Waals surface area contributed by atoms with Gasteiger partial charge in [0.15, 0.2) is 0 Å². The molecule has 2 rings (SSSR count). The number of aryl methyl sites for hydroxylation is 1. The SMILES string of the molecule is COc1nccnc1C(O)c1cnn(C)c1N. The maximum Gasteiger partial charge on any atom is 0.238 e. The Labute approximate surface area is 97.9 Å². The van der Waals surface area contributed by atoms with Crippen LogP contribution in [0.2, 0.25) is 0 Å². The molecular formula is C10H13N5O2. The quantitative estimate of drug-likeness (QED) is 0.769. The Morgan fingerprint density at radius 3 is 2.71 bits per heavy atom. The third-order valence-corrected chi connectivity index (χ3v) is 2.45. The average Bonchev–Trinajstić information content (AvgIpc) is 2.69. The molecule has 17 heavy (non-hydrogen) atoms. The molecule has 3 N–H and O–H groups in total. The van der Waals surface area contributed by atoms with Gasteiger partial charge in [0, 0.05) is 25.0 Å². The van der Waals surface area contributed by atoms with E-state index in [1.165, 1.54) is 30.4 Å². The monoisotopic (exact) mass is 235 g/mol. The first-order valence-electron chi connectivity index (χ1n) is 4.95. The fraction of sp³-hybridized carbons (Fsp3) is 0.300. The highest BCUT2D eigenvalue weighted by atomic mass is 16.5. The Kier molecular flexibility index (Phi) is 2.92. The van der Waals surface area contributed by atoms with Crippen LogP contribution in [0, 0.1) is 0 Å². The molecule has 0 radical (unpaired) electrons. The van der Waals surface area contributed by atoms with E-state index in [2.05, 4.69) is 15.1 Å². The maximum atomic E-state index is 10.2. The number of nitrogens with two attached hydrogens (primary N) is 1. The van der Waals surface area contributed by atoms with Crippen LogP contribution in [0.5, 0.6) is 5.88 Å². The molecular weight excluding hydrogens is 222 g/mol. The summed E-state index contributed by atoms with van der Waals surface area (Å²) in [7, 11) is 3.16. The highest BCUT2D eigenvalue weighted by Crippen LogP contribution is 2.28. The Balaban J connectivity index is 2.43. The van der Waals surface area contributed by atoms with Gasteiger partial charge in [0.1, 0.15) is 17.6 Å². The Bertz CT molecular complexity index is 525. The number of rotatable bonds is 3. The minimum Gasteiger partial charge on any atom is -0.480 e. The molecule has 0 aromatic carbocycles. The number of hydrogen-bond donors (Lipinski definition) is 2. The number of aliphatic hydroxyl groups is 1. The molecule has 0 saturated heterocycles. The summed E-state index contributed by atoms with van der Waals surface area (Å²) >= 11 is 0. The second-order valence-electron chi connectivity index (χ2n) is 3.46. The first kappa shape index (κ1) is 11.3. The molecule has 0 aliphatic heterocycles. The van der Waals surface area contributed by atoms with Crippen LogP contribution in [-0.2, 0) is 7.05 Å². The third kappa shape index (κ3) is 1.92. The van der Waals surface area contributed by atoms with Gasteiger partial charge < -0.3 is 15.6 Å². The summed E-state index contributed by atoms with van der Waals surface area (Å²) in [5.41, 5.74) is 6.58. The second-order valence-corrected chi connectivity index (χ2v) is 3.46. The molecule has 0 aliphatic rings. The van der Waals surface area contributed by atoms with E-state index in [-0.39, 0.29) is 5.88 Å². The summed E-state index contributed by atoms with van der Waals surface area (Å²) in [6.45, 7) is 0. The molecule has 2 aromatic rings. The van der Waals surface area contributed by atoms with Gasteiger partial charge in [-0.1, -0.05) is 0 Å². The molecule has 0 spiro atoms. The van der Waals surface area contributed by atoms with E-state index in [4.69, 9.17) is 10.5 Å². The average molecular weight is 235 g/mol. The number of nitrogens with zero attached hydrogens (tertiary/aromatic N) is 4. The lowest BCUT2D eigenvalue weighted by Gasteiger charge is -2.11. The predicted molar refractivity (Wildman–Crippen MR) is 60.3 cm³/mol. The van der Waals surface area contributed by atoms with Crippen molar-refractivity contribution in [3.8, 4) is 5.88 Å². The summed E-state index contributed by atoms with van der Waals surface area (Å²) < 4.78 is 6.51. The summed E-state index contributed by atoms with van der Waals surface area (Å²) in [6, 6.07) is 0. The van der Waals surface area contributed by atoms with Crippen molar-refractivity contribution >= 4 is 5.82 Å². The molecule has 0 aliphatic carbocycles. The van der Waals surface area contributed by atoms with E-state index in [0.29, 0.717) is 17.1 Å². The first-order chi connectivity index (χ1) is 8.15. The van der Waals surface area contributed by atoms with Crippen molar-refractivity contribution in [1.29, 1.82) is 0 Å². The smallest absolute Gasteiger partial charge is 0.238 e. The molecule has 0 amide bonds. The number of methoxy groups -OCH3 is 1. The van der Waals surface area contributed by atoms with Crippen LogP contribution in [0.25, 0.3) is 0 Å². The minimum atomic E-state index is -1.01. The van der Waals surface area contributed by atoms with Crippen molar-refractivity contribution in [2.45, 2.75) is 6.10 Å². The second kappa shape index (κ2) is 4.38. The summed E-state index contributed by atoms with van der Waals surface area (Å²) in [6.07, 6.45) is 3.45. The highest BCUT2D eigenvalue weighted by molar-refractivity contribution is 5.44. The lowest BCUT2D eigenvalue weighted by atomic mass is 10.1. The van der Waals surface area contributed by atoms with Crippen molar-refractivity contribution in [2.24, 2.45) is 7.05 Å². The van der Waals surface area contributed by atoms with Crippen molar-refractivity contribution in [1.82, 2.24) is 19.7 Å². The van der Waals surface area contributed by atoms with Crippen molar-refractivity contribution in [3.05, 3.63) is 29.8 Å². The molecule has 1 unspecified atom stereocenters. The topological polar surface area (TPSA) is 99.1 Å². The number of aliphatic hydroxyl groups excluding tert-OH is 1. The zero-order chi connectivity index (χ0) is 12.4. The van der Waals surface area contributed by atoms with E-state index in [1.54, 1.807) is 7.05 Å². The minimum absolute atomic E-state index is 0.267. The van der Waals surface area contributed by atoms with Crippen LogP contribution in [0.1, 0.15) is 17.4 Å². The van der Waals surface area contributed by atoms with Gasteiger partial charge in [0.2, 0.25) is 5.88 Å². The van der Waals surface area contributed by atoms with E-state index >= 15 is 0 Å². The molecule has 0 bridgehead atoms. The van der Waals surface area contributed by atoms with Gasteiger partial charge >= 0.3 is 0 Å². The van der Waals surface area contributed by atoms with Gasteiger partial charge in [0.05, 0.1) is 13.3 Å². The molecule has 0 fully saturated rings. The van der Waals surface area contributed by atoms with Crippen LogP contribution in [0.4, 0.5) is 5.82 Å². The summed E-state index contributed by atoms with van der Waals surface area (Å²) in [4.78, 5) is 8.01. The number of hydrogen-bond acceptors (Lipinski definition) is 6. The van der Waals surface area contributed by atoms with Gasteiger partial charge in [-0.25, -0.2) is 4.98 Å². The van der Waals surface area contributed by atoms with Gasteiger partial charge in [-0.15, -0.1) is 0 Å². The lowest BCUT2D eigenvalue weighted by Crippen LogP contribution is -2.08. The Hall–Kier alpha value is -2.15. The summed E-state index contributed by atoms with van der Waals surface area (Å²) in [5.74, 6) is 0.647. The van der Waals surface area contributed by atoms with Gasteiger partial charge in [-0.3, -0.25) is 9.67 Å². The molecule has 2 heterocycles. The molecule has 0 saturated carbocycles. The van der Waals surface area contributed by atoms with Crippen LogP contribution in [0.3, 0.4) is 0 Å². The molecule has 90 valence electrons. The van der Waals surface area contributed by atoms with Crippen molar-refractivity contribution < 1.29 is 9.84 Å². The Morgan fingerprint density at radius 2 is 2.12 bits per heavy atom. The van der Waals surface area contributed by atoms with Crippen molar-refractivity contribution in [3.63, 3.8) is 0 Å². The maximum absolute atomic E-state index is 10.2. The number of ether oxygens (including phenoxy) is 1. The normalized spacial score (nSPS) is 12.4. The van der Waals surface area contributed by atoms with E-state index < -0.39 is 6.10 Å². The van der Waals surface area contributed by atoms with E-state index in [0.717, 1.165) is 0 Å². The number of anilines is 1. The van der Waals surface area contributed by atoms with Gasteiger partial charge in [-0.2, -0.15) is 5.10 Å². The van der Waals surface area contributed by atoms with Crippen LogP contribution < -0.4 is 10.5 Å². The lowest BCUT2D eigenvalue weighted by molar-refractivity contribution is 0.208. The zero-order valence-electron chi connectivity index (χ0n) is 9.53. The first-order valence-corrected chi connectivity index (χ1v) is 4.95. The van der Waals surface area contributed by atoms with Crippen LogP contribution >= 0.6 is 0 Å². The molecule has 2 aromatic heterocycles. The van der Waals surface area contributed by atoms with E-state index in [1.807, 2.05) is 0 Å². The van der Waals surface area contributed by atoms with Gasteiger partial charge in [0.25, 0.3) is 0 Å². The van der Waals surface area contributed by atoms with E-state index in [9.17, 15) is 5.11 Å². The zero-order valence-corrected chi connectivity index (χ0v) is 9.53. The summed E-state index contributed by atoms with van der Waals surface area (Å²) in [5, 5.41) is 14.1. The number of aromatic nitrogens is 4. The molecule has 1 atom stereocenters. The standard InChI is InChI=1S/C10H13N5O2/c1-15-9(11)6(5-14-15)8(16)7-10(17-2)13-4-3-12-7/h3-5,8,16H,11H2,1-2H3. The molecule has 7 nitrogen and oxygen atoms in total.